The number of thioether (sulfide) groups is 1. The quantitative estimate of drug-likeness (QED) is 0.579. The Kier molecular flexibility index (Phi) is 8.22. The highest BCUT2D eigenvalue weighted by atomic mass is 32.2. The molecule has 0 rings (SSSR count). The fourth-order valence-electron chi connectivity index (χ4n) is 1.57. The van der Waals surface area contributed by atoms with Crippen LogP contribution in [-0.4, -0.2) is 41.8 Å². The molecule has 0 fully saturated rings. The summed E-state index contributed by atoms with van der Waals surface area (Å²) in [6.07, 6.45) is 2.43. The lowest BCUT2D eigenvalue weighted by Crippen LogP contribution is -2.54. The molecule has 3 amide bonds. The molecule has 0 aromatic heterocycles. The molecule has 0 bridgehead atoms. The molecule has 2 atom stereocenters. The predicted molar refractivity (Wildman–Crippen MR) is 76.6 cm³/mol. The number of nitrogens with two attached hydrogens (primary N) is 1. The standard InChI is InChI=1S/C12H23N3O3S/c1-7(2)10(11(13)17)15-12(18)9(5-6-19-4)14-8(3)16/h7,9-10H,5-6H2,1-4H3,(H2,13,17)(H,14,16)(H,15,18)/t9-,10-/m0/s1. The summed E-state index contributed by atoms with van der Waals surface area (Å²) in [6.45, 7) is 4.95. The maximum absolute atomic E-state index is 12.1. The molecule has 0 aromatic carbocycles. The van der Waals surface area contributed by atoms with Crippen molar-refractivity contribution < 1.29 is 14.4 Å². The zero-order valence-electron chi connectivity index (χ0n) is 11.9. The van der Waals surface area contributed by atoms with Gasteiger partial charge in [0.15, 0.2) is 0 Å². The van der Waals surface area contributed by atoms with Gasteiger partial charge in [-0.05, 0) is 24.3 Å². The summed E-state index contributed by atoms with van der Waals surface area (Å²) in [5, 5.41) is 5.17. The zero-order valence-corrected chi connectivity index (χ0v) is 12.7. The SMILES string of the molecule is CSCC[C@H](NC(C)=O)C(=O)N[C@H](C(N)=O)C(C)C. The van der Waals surface area contributed by atoms with E-state index in [1.54, 1.807) is 25.6 Å². The number of primary amides is 1. The Hall–Kier alpha value is -1.24. The number of carbonyl (C=O) groups is 3. The van der Waals surface area contributed by atoms with E-state index < -0.39 is 18.0 Å². The molecule has 0 heterocycles. The summed E-state index contributed by atoms with van der Waals surface area (Å²) in [5.41, 5.74) is 5.24. The van der Waals surface area contributed by atoms with Crippen LogP contribution in [0.5, 0.6) is 0 Å². The van der Waals surface area contributed by atoms with Gasteiger partial charge >= 0.3 is 0 Å². The Labute approximate surface area is 118 Å². The molecule has 0 aliphatic carbocycles. The summed E-state index contributed by atoms with van der Waals surface area (Å²) < 4.78 is 0. The lowest BCUT2D eigenvalue weighted by molar-refractivity contribution is -0.131. The Morgan fingerprint density at radius 2 is 1.79 bits per heavy atom. The van der Waals surface area contributed by atoms with E-state index in [0.717, 1.165) is 5.75 Å². The first-order valence-electron chi connectivity index (χ1n) is 6.15. The number of nitrogens with one attached hydrogen (secondary N) is 2. The van der Waals surface area contributed by atoms with Crippen LogP contribution in [0.2, 0.25) is 0 Å². The van der Waals surface area contributed by atoms with Crippen LogP contribution in [0.1, 0.15) is 27.2 Å². The van der Waals surface area contributed by atoms with Crippen molar-refractivity contribution in [2.75, 3.05) is 12.0 Å². The number of hydrogen-bond acceptors (Lipinski definition) is 4. The molecule has 0 unspecified atom stereocenters. The van der Waals surface area contributed by atoms with E-state index in [2.05, 4.69) is 10.6 Å². The summed E-state index contributed by atoms with van der Waals surface area (Å²) >= 11 is 1.58. The average molecular weight is 289 g/mol. The second-order valence-corrected chi connectivity index (χ2v) is 5.65. The number of amides is 3. The van der Waals surface area contributed by atoms with Gasteiger partial charge in [0, 0.05) is 6.92 Å². The fraction of sp³-hybridized carbons (Fsp3) is 0.750. The van der Waals surface area contributed by atoms with Gasteiger partial charge in [0.2, 0.25) is 17.7 Å². The van der Waals surface area contributed by atoms with Crippen molar-refractivity contribution in [3.63, 3.8) is 0 Å². The molecule has 110 valence electrons. The summed E-state index contributed by atoms with van der Waals surface area (Å²) in [6, 6.07) is -1.36. The molecule has 6 nitrogen and oxygen atoms in total. The van der Waals surface area contributed by atoms with Crippen LogP contribution in [0, 0.1) is 5.92 Å². The van der Waals surface area contributed by atoms with Crippen molar-refractivity contribution in [2.45, 2.75) is 39.3 Å². The highest BCUT2D eigenvalue weighted by Crippen LogP contribution is 2.05. The smallest absolute Gasteiger partial charge is 0.243 e. The first-order valence-corrected chi connectivity index (χ1v) is 7.54. The molecule has 19 heavy (non-hydrogen) atoms. The van der Waals surface area contributed by atoms with Crippen LogP contribution < -0.4 is 16.4 Å². The largest absolute Gasteiger partial charge is 0.368 e. The van der Waals surface area contributed by atoms with Crippen molar-refractivity contribution >= 4 is 29.5 Å². The van der Waals surface area contributed by atoms with Crippen molar-refractivity contribution in [1.29, 1.82) is 0 Å². The van der Waals surface area contributed by atoms with Gasteiger partial charge in [0.1, 0.15) is 12.1 Å². The molecule has 0 aliphatic heterocycles. The van der Waals surface area contributed by atoms with E-state index in [9.17, 15) is 14.4 Å². The minimum absolute atomic E-state index is 0.0972. The van der Waals surface area contributed by atoms with Crippen LogP contribution in [0.4, 0.5) is 0 Å². The van der Waals surface area contributed by atoms with E-state index in [-0.39, 0.29) is 17.7 Å². The Bertz CT molecular complexity index is 334. The monoisotopic (exact) mass is 289 g/mol. The molecule has 0 saturated carbocycles. The second-order valence-electron chi connectivity index (χ2n) is 4.67. The molecular weight excluding hydrogens is 266 g/mol. The molecule has 0 aliphatic rings. The summed E-state index contributed by atoms with van der Waals surface area (Å²) in [4.78, 5) is 34.4. The fourth-order valence-corrected chi connectivity index (χ4v) is 2.04. The van der Waals surface area contributed by atoms with E-state index in [1.165, 1.54) is 6.92 Å². The Morgan fingerprint density at radius 1 is 1.21 bits per heavy atom. The number of carbonyl (C=O) groups excluding carboxylic acids is 3. The predicted octanol–water partition coefficient (Wildman–Crippen LogP) is -0.130. The van der Waals surface area contributed by atoms with Crippen LogP contribution in [0.15, 0.2) is 0 Å². The summed E-state index contributed by atoms with van der Waals surface area (Å²) in [5.74, 6) is -0.584. The molecular formula is C12H23N3O3S. The molecule has 0 saturated heterocycles. The van der Waals surface area contributed by atoms with Crippen molar-refractivity contribution in [1.82, 2.24) is 10.6 Å². The summed E-state index contributed by atoms with van der Waals surface area (Å²) in [7, 11) is 0. The molecule has 0 aromatic rings. The minimum atomic E-state index is -0.724. The zero-order chi connectivity index (χ0) is 15.0. The third kappa shape index (κ3) is 7.05. The van der Waals surface area contributed by atoms with Gasteiger partial charge < -0.3 is 16.4 Å². The van der Waals surface area contributed by atoms with Gasteiger partial charge in [0.25, 0.3) is 0 Å². The third-order valence-corrected chi connectivity index (χ3v) is 3.22. The molecule has 0 radical (unpaired) electrons. The minimum Gasteiger partial charge on any atom is -0.368 e. The van der Waals surface area contributed by atoms with E-state index in [1.807, 2.05) is 6.26 Å². The maximum atomic E-state index is 12.1. The molecule has 4 N–H and O–H groups in total. The normalized spacial score (nSPS) is 13.7. The van der Waals surface area contributed by atoms with E-state index in [4.69, 9.17) is 5.73 Å². The first-order chi connectivity index (χ1) is 8.79. The van der Waals surface area contributed by atoms with Crippen molar-refractivity contribution in [3.05, 3.63) is 0 Å². The lowest BCUT2D eigenvalue weighted by atomic mass is 10.0. The van der Waals surface area contributed by atoms with Crippen molar-refractivity contribution in [3.8, 4) is 0 Å². The van der Waals surface area contributed by atoms with Crippen LogP contribution >= 0.6 is 11.8 Å². The number of rotatable bonds is 8. The van der Waals surface area contributed by atoms with Gasteiger partial charge in [0.05, 0.1) is 0 Å². The molecule has 0 spiro atoms. The Balaban J connectivity index is 4.68. The topological polar surface area (TPSA) is 101 Å². The highest BCUT2D eigenvalue weighted by molar-refractivity contribution is 7.98. The van der Waals surface area contributed by atoms with Crippen LogP contribution in [0.3, 0.4) is 0 Å². The second kappa shape index (κ2) is 8.79. The van der Waals surface area contributed by atoms with E-state index >= 15 is 0 Å². The van der Waals surface area contributed by atoms with Crippen LogP contribution in [-0.2, 0) is 14.4 Å². The van der Waals surface area contributed by atoms with Crippen molar-refractivity contribution in [2.24, 2.45) is 11.7 Å². The molecule has 7 heteroatoms. The van der Waals surface area contributed by atoms with Crippen LogP contribution in [0.25, 0.3) is 0 Å². The van der Waals surface area contributed by atoms with Gasteiger partial charge in [-0.1, -0.05) is 13.8 Å². The van der Waals surface area contributed by atoms with Gasteiger partial charge in [-0.25, -0.2) is 0 Å². The van der Waals surface area contributed by atoms with E-state index in [0.29, 0.717) is 6.42 Å². The average Bonchev–Trinajstić information content (AvgIpc) is 2.29. The highest BCUT2D eigenvalue weighted by Gasteiger charge is 2.26. The maximum Gasteiger partial charge on any atom is 0.243 e. The first kappa shape index (κ1) is 17.8. The van der Waals surface area contributed by atoms with Gasteiger partial charge in [-0.2, -0.15) is 11.8 Å². The number of hydrogen-bond donors (Lipinski definition) is 3. The third-order valence-electron chi connectivity index (χ3n) is 2.58. The lowest BCUT2D eigenvalue weighted by Gasteiger charge is -2.23. The Morgan fingerprint density at radius 3 is 2.16 bits per heavy atom. The van der Waals surface area contributed by atoms with Gasteiger partial charge in [-0.15, -0.1) is 0 Å². The van der Waals surface area contributed by atoms with Gasteiger partial charge in [-0.3, -0.25) is 14.4 Å².